The summed E-state index contributed by atoms with van der Waals surface area (Å²) in [5, 5.41) is 0. The molecular formula is C10H12O3. The SMILES string of the molecule is C=C/C=C(C=O)\C(=C/C)C(=O)OC. The molecule has 13 heavy (non-hydrogen) atoms. The molecule has 0 aliphatic rings. The van der Waals surface area contributed by atoms with Crippen LogP contribution in [-0.2, 0) is 14.3 Å². The summed E-state index contributed by atoms with van der Waals surface area (Å²) in [6.45, 7) is 5.10. The van der Waals surface area contributed by atoms with Crippen molar-refractivity contribution in [2.24, 2.45) is 0 Å². The first kappa shape index (κ1) is 11.4. The molecule has 0 N–H and O–H groups in total. The average Bonchev–Trinajstić information content (AvgIpc) is 2.17. The van der Waals surface area contributed by atoms with Gasteiger partial charge in [0, 0.05) is 5.57 Å². The first-order valence-electron chi connectivity index (χ1n) is 3.74. The van der Waals surface area contributed by atoms with E-state index < -0.39 is 5.97 Å². The van der Waals surface area contributed by atoms with Crippen molar-refractivity contribution in [2.75, 3.05) is 7.11 Å². The van der Waals surface area contributed by atoms with Crippen LogP contribution in [0.4, 0.5) is 0 Å². The number of hydrogen-bond donors (Lipinski definition) is 0. The summed E-state index contributed by atoms with van der Waals surface area (Å²) in [4.78, 5) is 21.6. The minimum absolute atomic E-state index is 0.248. The first-order chi connectivity index (χ1) is 6.21. The van der Waals surface area contributed by atoms with Gasteiger partial charge in [0.05, 0.1) is 12.7 Å². The maximum absolute atomic E-state index is 11.1. The van der Waals surface area contributed by atoms with Crippen LogP contribution in [-0.4, -0.2) is 19.4 Å². The Labute approximate surface area is 77.4 Å². The van der Waals surface area contributed by atoms with Crippen molar-refractivity contribution in [3.05, 3.63) is 36.0 Å². The van der Waals surface area contributed by atoms with Gasteiger partial charge in [0.25, 0.3) is 0 Å². The zero-order valence-corrected chi connectivity index (χ0v) is 7.74. The third-order valence-corrected chi connectivity index (χ3v) is 1.43. The lowest BCUT2D eigenvalue weighted by molar-refractivity contribution is -0.136. The molecule has 0 fully saturated rings. The number of esters is 1. The van der Waals surface area contributed by atoms with E-state index in [4.69, 9.17) is 0 Å². The van der Waals surface area contributed by atoms with E-state index in [1.54, 1.807) is 6.92 Å². The minimum Gasteiger partial charge on any atom is -0.465 e. The molecule has 0 radical (unpaired) electrons. The van der Waals surface area contributed by atoms with Crippen molar-refractivity contribution >= 4 is 12.3 Å². The Balaban J connectivity index is 4.97. The fraction of sp³-hybridized carbons (Fsp3) is 0.200. The number of hydrogen-bond acceptors (Lipinski definition) is 3. The number of ether oxygens (including phenoxy) is 1. The summed E-state index contributed by atoms with van der Waals surface area (Å²) in [6.07, 6.45) is 5.01. The largest absolute Gasteiger partial charge is 0.465 e. The Morgan fingerprint density at radius 2 is 2.08 bits per heavy atom. The molecule has 0 rings (SSSR count). The highest BCUT2D eigenvalue weighted by Crippen LogP contribution is 2.09. The highest BCUT2D eigenvalue weighted by Gasteiger charge is 2.12. The number of aldehydes is 1. The molecule has 0 aromatic carbocycles. The molecule has 0 aromatic rings. The lowest BCUT2D eigenvalue weighted by Crippen LogP contribution is -2.07. The molecule has 0 aromatic heterocycles. The number of carbonyl (C=O) groups is 2. The van der Waals surface area contributed by atoms with Gasteiger partial charge in [-0.2, -0.15) is 0 Å². The van der Waals surface area contributed by atoms with Gasteiger partial charge in [0.2, 0.25) is 0 Å². The quantitative estimate of drug-likeness (QED) is 0.284. The third-order valence-electron chi connectivity index (χ3n) is 1.43. The average molecular weight is 180 g/mol. The number of carbonyl (C=O) groups excluding carboxylic acids is 2. The van der Waals surface area contributed by atoms with E-state index in [2.05, 4.69) is 11.3 Å². The van der Waals surface area contributed by atoms with Crippen molar-refractivity contribution in [2.45, 2.75) is 6.92 Å². The molecule has 0 amide bonds. The summed E-state index contributed by atoms with van der Waals surface area (Å²) < 4.78 is 4.49. The molecule has 0 saturated carbocycles. The zero-order chi connectivity index (χ0) is 10.3. The van der Waals surface area contributed by atoms with Gasteiger partial charge >= 0.3 is 5.97 Å². The van der Waals surface area contributed by atoms with E-state index >= 15 is 0 Å². The van der Waals surface area contributed by atoms with Crippen LogP contribution in [0.1, 0.15) is 6.92 Å². The number of methoxy groups -OCH3 is 1. The van der Waals surface area contributed by atoms with Crippen LogP contribution in [0.3, 0.4) is 0 Å². The van der Waals surface area contributed by atoms with Gasteiger partial charge in [-0.3, -0.25) is 4.79 Å². The van der Waals surface area contributed by atoms with Crippen LogP contribution in [0, 0.1) is 0 Å². The second kappa shape index (κ2) is 5.94. The standard InChI is InChI=1S/C10H12O3/c1-4-6-8(7-11)9(5-2)10(12)13-3/h4-7H,1H2,2-3H3/b8-6-,9-5+. The normalized spacial score (nSPS) is 12.2. The molecule has 0 saturated heterocycles. The van der Waals surface area contributed by atoms with Crippen molar-refractivity contribution in [3.63, 3.8) is 0 Å². The van der Waals surface area contributed by atoms with E-state index in [1.165, 1.54) is 25.3 Å². The molecule has 70 valence electrons. The van der Waals surface area contributed by atoms with E-state index in [0.29, 0.717) is 6.29 Å². The lowest BCUT2D eigenvalue weighted by Gasteiger charge is -2.02. The Hall–Kier alpha value is -1.64. The second-order valence-corrected chi connectivity index (χ2v) is 2.17. The predicted molar refractivity (Wildman–Crippen MR) is 50.1 cm³/mol. The molecule has 0 atom stereocenters. The Bertz CT molecular complexity index is 272. The van der Waals surface area contributed by atoms with Crippen molar-refractivity contribution in [1.82, 2.24) is 0 Å². The maximum Gasteiger partial charge on any atom is 0.338 e. The van der Waals surface area contributed by atoms with Gasteiger partial charge in [-0.05, 0) is 6.92 Å². The van der Waals surface area contributed by atoms with Crippen molar-refractivity contribution in [3.8, 4) is 0 Å². The molecule has 0 spiro atoms. The first-order valence-corrected chi connectivity index (χ1v) is 3.74. The fourth-order valence-corrected chi connectivity index (χ4v) is 0.832. The van der Waals surface area contributed by atoms with Gasteiger partial charge in [0.15, 0.2) is 6.29 Å². The van der Waals surface area contributed by atoms with E-state index in [0.717, 1.165) is 0 Å². The maximum atomic E-state index is 11.1. The lowest BCUT2D eigenvalue weighted by atomic mass is 10.1. The van der Waals surface area contributed by atoms with E-state index in [9.17, 15) is 9.59 Å². The van der Waals surface area contributed by atoms with Crippen LogP contribution in [0.25, 0.3) is 0 Å². The molecule has 0 bridgehead atoms. The third kappa shape index (κ3) is 3.07. The zero-order valence-electron chi connectivity index (χ0n) is 7.74. The van der Waals surface area contributed by atoms with Crippen molar-refractivity contribution in [1.29, 1.82) is 0 Å². The van der Waals surface area contributed by atoms with E-state index in [-0.39, 0.29) is 11.1 Å². The molecule has 0 aliphatic carbocycles. The van der Waals surface area contributed by atoms with Crippen LogP contribution < -0.4 is 0 Å². The van der Waals surface area contributed by atoms with Gasteiger partial charge in [-0.1, -0.05) is 24.8 Å². The fourth-order valence-electron chi connectivity index (χ4n) is 0.832. The molecule has 3 nitrogen and oxygen atoms in total. The monoisotopic (exact) mass is 180 g/mol. The minimum atomic E-state index is -0.525. The number of allylic oxidation sites excluding steroid dienone is 3. The van der Waals surface area contributed by atoms with Gasteiger partial charge in [0.1, 0.15) is 0 Å². The highest BCUT2D eigenvalue weighted by atomic mass is 16.5. The van der Waals surface area contributed by atoms with Crippen LogP contribution >= 0.6 is 0 Å². The number of rotatable bonds is 4. The molecule has 3 heteroatoms. The van der Waals surface area contributed by atoms with Crippen LogP contribution in [0.2, 0.25) is 0 Å². The van der Waals surface area contributed by atoms with Crippen molar-refractivity contribution < 1.29 is 14.3 Å². The van der Waals surface area contributed by atoms with Gasteiger partial charge < -0.3 is 4.74 Å². The summed E-state index contributed by atoms with van der Waals surface area (Å²) in [7, 11) is 1.27. The molecule has 0 unspecified atom stereocenters. The van der Waals surface area contributed by atoms with Gasteiger partial charge in [-0.25, -0.2) is 4.79 Å². The second-order valence-electron chi connectivity index (χ2n) is 2.17. The molecular weight excluding hydrogens is 168 g/mol. The summed E-state index contributed by atoms with van der Waals surface area (Å²) in [5.41, 5.74) is 0.516. The predicted octanol–water partition coefficient (Wildman–Crippen LogP) is 1.42. The topological polar surface area (TPSA) is 43.4 Å². The Kier molecular flexibility index (Phi) is 5.19. The summed E-state index contributed by atoms with van der Waals surface area (Å²) in [5.74, 6) is -0.525. The molecule has 0 heterocycles. The Morgan fingerprint density at radius 3 is 2.38 bits per heavy atom. The Morgan fingerprint density at radius 1 is 1.46 bits per heavy atom. The van der Waals surface area contributed by atoms with Crippen LogP contribution in [0.15, 0.2) is 36.0 Å². The smallest absolute Gasteiger partial charge is 0.338 e. The molecule has 0 aliphatic heterocycles. The van der Waals surface area contributed by atoms with Gasteiger partial charge in [-0.15, -0.1) is 0 Å². The van der Waals surface area contributed by atoms with E-state index in [1.807, 2.05) is 0 Å². The highest BCUT2D eigenvalue weighted by molar-refractivity contribution is 6.02. The summed E-state index contributed by atoms with van der Waals surface area (Å²) >= 11 is 0. The summed E-state index contributed by atoms with van der Waals surface area (Å²) in [6, 6.07) is 0. The van der Waals surface area contributed by atoms with Crippen LogP contribution in [0.5, 0.6) is 0 Å².